The lowest BCUT2D eigenvalue weighted by molar-refractivity contribution is 0.0526. The first-order valence-electron chi connectivity index (χ1n) is 8.02. The van der Waals surface area contributed by atoms with Gasteiger partial charge in [-0.3, -0.25) is 0 Å². The van der Waals surface area contributed by atoms with Crippen LogP contribution in [0.1, 0.15) is 50.0 Å². The van der Waals surface area contributed by atoms with Crippen LogP contribution in [0.4, 0.5) is 0 Å². The molecule has 0 saturated heterocycles. The third-order valence-electron chi connectivity index (χ3n) is 4.12. The van der Waals surface area contributed by atoms with Crippen molar-refractivity contribution in [3.8, 4) is 11.5 Å². The number of benzene rings is 2. The summed E-state index contributed by atoms with van der Waals surface area (Å²) >= 11 is 0. The number of hydrogen-bond acceptors (Lipinski definition) is 3. The van der Waals surface area contributed by atoms with Crippen LogP contribution in [0.15, 0.2) is 48.5 Å². The zero-order valence-electron chi connectivity index (χ0n) is 14.3. The average Bonchev–Trinajstić information content (AvgIpc) is 2.56. The Balaban J connectivity index is 2.06. The molecule has 0 saturated carbocycles. The Morgan fingerprint density at radius 2 is 1.43 bits per heavy atom. The number of rotatable bonds is 6. The van der Waals surface area contributed by atoms with Gasteiger partial charge in [0.1, 0.15) is 11.5 Å². The molecule has 0 aliphatic carbocycles. The predicted molar refractivity (Wildman–Crippen MR) is 92.2 cm³/mol. The normalized spacial score (nSPS) is 11.1. The Morgan fingerprint density at radius 3 is 1.91 bits per heavy atom. The van der Waals surface area contributed by atoms with Gasteiger partial charge in [-0.25, -0.2) is 4.79 Å². The molecule has 0 aliphatic rings. The van der Waals surface area contributed by atoms with E-state index in [-0.39, 0.29) is 11.4 Å². The molecule has 3 heteroatoms. The maximum atomic E-state index is 11.6. The molecule has 0 spiro atoms. The molecule has 0 bridgehead atoms. The summed E-state index contributed by atoms with van der Waals surface area (Å²) in [6.45, 7) is 8.82. The quantitative estimate of drug-likeness (QED) is 0.675. The monoisotopic (exact) mass is 312 g/mol. The van der Waals surface area contributed by atoms with Crippen molar-refractivity contribution in [2.75, 3.05) is 6.61 Å². The van der Waals surface area contributed by atoms with Gasteiger partial charge in [-0.05, 0) is 60.7 Å². The lowest BCUT2D eigenvalue weighted by Crippen LogP contribution is -2.14. The Hall–Kier alpha value is -2.29. The van der Waals surface area contributed by atoms with E-state index in [2.05, 4.69) is 32.9 Å². The molecule has 2 aromatic rings. The van der Waals surface area contributed by atoms with Crippen molar-refractivity contribution in [3.63, 3.8) is 0 Å². The molecule has 0 atom stereocenters. The van der Waals surface area contributed by atoms with Crippen LogP contribution in [0, 0.1) is 0 Å². The van der Waals surface area contributed by atoms with Gasteiger partial charge in [-0.15, -0.1) is 0 Å². The minimum absolute atomic E-state index is 0.166. The zero-order chi connectivity index (χ0) is 16.9. The van der Waals surface area contributed by atoms with Crippen molar-refractivity contribution in [1.29, 1.82) is 0 Å². The number of esters is 1. The van der Waals surface area contributed by atoms with Crippen LogP contribution in [-0.2, 0) is 10.2 Å². The Bertz CT molecular complexity index is 640. The van der Waals surface area contributed by atoms with Crippen molar-refractivity contribution < 1.29 is 14.3 Å². The standard InChI is InChI=1S/C20H24O3/c1-5-20(3,4)16-9-13-18(14-10-16)23-17-11-7-15(8-12-17)19(21)22-6-2/h7-14H,5-6H2,1-4H3. The highest BCUT2D eigenvalue weighted by molar-refractivity contribution is 5.89. The Labute approximate surface area is 138 Å². The van der Waals surface area contributed by atoms with Gasteiger partial charge in [0.05, 0.1) is 12.2 Å². The van der Waals surface area contributed by atoms with Gasteiger partial charge in [0.25, 0.3) is 0 Å². The lowest BCUT2D eigenvalue weighted by atomic mass is 9.82. The van der Waals surface area contributed by atoms with E-state index in [0.29, 0.717) is 17.9 Å². The molecule has 0 aromatic heterocycles. The second-order valence-corrected chi connectivity index (χ2v) is 6.11. The van der Waals surface area contributed by atoms with Crippen LogP contribution in [0.25, 0.3) is 0 Å². The van der Waals surface area contributed by atoms with E-state index < -0.39 is 0 Å². The summed E-state index contributed by atoms with van der Waals surface area (Å²) in [4.78, 5) is 11.6. The summed E-state index contributed by atoms with van der Waals surface area (Å²) < 4.78 is 10.8. The SMILES string of the molecule is CCOC(=O)c1ccc(Oc2ccc(C(C)(C)CC)cc2)cc1. The average molecular weight is 312 g/mol. The molecule has 0 N–H and O–H groups in total. The molecule has 122 valence electrons. The van der Waals surface area contributed by atoms with E-state index in [0.717, 1.165) is 12.2 Å². The minimum atomic E-state index is -0.315. The van der Waals surface area contributed by atoms with Crippen molar-refractivity contribution >= 4 is 5.97 Å². The number of carbonyl (C=O) groups excluding carboxylic acids is 1. The number of ether oxygens (including phenoxy) is 2. The Kier molecular flexibility index (Phi) is 5.43. The van der Waals surface area contributed by atoms with E-state index in [4.69, 9.17) is 9.47 Å². The first-order chi connectivity index (χ1) is 11.0. The predicted octanol–water partition coefficient (Wildman–Crippen LogP) is 5.34. The van der Waals surface area contributed by atoms with Crippen molar-refractivity contribution in [3.05, 3.63) is 59.7 Å². The van der Waals surface area contributed by atoms with Gasteiger partial charge >= 0.3 is 5.97 Å². The van der Waals surface area contributed by atoms with Crippen LogP contribution in [0.3, 0.4) is 0 Å². The molecule has 3 nitrogen and oxygen atoms in total. The van der Waals surface area contributed by atoms with Crippen LogP contribution in [0.5, 0.6) is 11.5 Å². The topological polar surface area (TPSA) is 35.5 Å². The van der Waals surface area contributed by atoms with Gasteiger partial charge in [0, 0.05) is 0 Å². The molecule has 2 rings (SSSR count). The van der Waals surface area contributed by atoms with Crippen molar-refractivity contribution in [1.82, 2.24) is 0 Å². The third kappa shape index (κ3) is 4.35. The summed E-state index contributed by atoms with van der Waals surface area (Å²) in [5.74, 6) is 1.16. The molecule has 0 unspecified atom stereocenters. The number of hydrogen-bond donors (Lipinski definition) is 0. The van der Waals surface area contributed by atoms with Crippen LogP contribution in [-0.4, -0.2) is 12.6 Å². The molecule has 0 fully saturated rings. The highest BCUT2D eigenvalue weighted by Crippen LogP contribution is 2.29. The minimum Gasteiger partial charge on any atom is -0.462 e. The highest BCUT2D eigenvalue weighted by Gasteiger charge is 2.17. The molecule has 23 heavy (non-hydrogen) atoms. The van der Waals surface area contributed by atoms with E-state index in [9.17, 15) is 4.79 Å². The molecule has 2 aromatic carbocycles. The lowest BCUT2D eigenvalue weighted by Gasteiger charge is -2.23. The number of carbonyl (C=O) groups is 1. The van der Waals surface area contributed by atoms with E-state index in [1.807, 2.05) is 12.1 Å². The molecule has 0 radical (unpaired) electrons. The highest BCUT2D eigenvalue weighted by atomic mass is 16.5. The van der Waals surface area contributed by atoms with Crippen molar-refractivity contribution in [2.24, 2.45) is 0 Å². The molecule has 0 aliphatic heterocycles. The summed E-state index contributed by atoms with van der Waals surface area (Å²) in [5.41, 5.74) is 1.99. The fourth-order valence-electron chi connectivity index (χ4n) is 2.19. The van der Waals surface area contributed by atoms with E-state index >= 15 is 0 Å². The van der Waals surface area contributed by atoms with Crippen LogP contribution >= 0.6 is 0 Å². The van der Waals surface area contributed by atoms with E-state index in [1.54, 1.807) is 31.2 Å². The molecule has 0 amide bonds. The first-order valence-corrected chi connectivity index (χ1v) is 8.02. The van der Waals surface area contributed by atoms with Gasteiger partial charge < -0.3 is 9.47 Å². The van der Waals surface area contributed by atoms with Gasteiger partial charge in [-0.2, -0.15) is 0 Å². The summed E-state index contributed by atoms with van der Waals surface area (Å²) in [6, 6.07) is 15.1. The second kappa shape index (κ2) is 7.32. The second-order valence-electron chi connectivity index (χ2n) is 6.11. The molecular formula is C20H24O3. The van der Waals surface area contributed by atoms with Gasteiger partial charge in [0.15, 0.2) is 0 Å². The van der Waals surface area contributed by atoms with Gasteiger partial charge in [0.2, 0.25) is 0 Å². The summed E-state index contributed by atoms with van der Waals surface area (Å²) in [6.07, 6.45) is 1.09. The van der Waals surface area contributed by atoms with Crippen LogP contribution < -0.4 is 4.74 Å². The maximum Gasteiger partial charge on any atom is 0.338 e. The van der Waals surface area contributed by atoms with Crippen molar-refractivity contribution in [2.45, 2.75) is 39.5 Å². The van der Waals surface area contributed by atoms with E-state index in [1.165, 1.54) is 5.56 Å². The van der Waals surface area contributed by atoms with Crippen LogP contribution in [0.2, 0.25) is 0 Å². The largest absolute Gasteiger partial charge is 0.462 e. The molecular weight excluding hydrogens is 288 g/mol. The summed E-state index contributed by atoms with van der Waals surface area (Å²) in [7, 11) is 0. The zero-order valence-corrected chi connectivity index (χ0v) is 14.3. The van der Waals surface area contributed by atoms with Gasteiger partial charge in [-0.1, -0.05) is 32.9 Å². The fraction of sp³-hybridized carbons (Fsp3) is 0.350. The maximum absolute atomic E-state index is 11.6. The first kappa shape index (κ1) is 17.1. The fourth-order valence-corrected chi connectivity index (χ4v) is 2.19. The third-order valence-corrected chi connectivity index (χ3v) is 4.12. The Morgan fingerprint density at radius 1 is 0.913 bits per heavy atom. The smallest absolute Gasteiger partial charge is 0.338 e. The summed E-state index contributed by atoms with van der Waals surface area (Å²) in [5, 5.41) is 0. The molecule has 0 heterocycles.